The molecule has 1 aliphatic heterocycles. The Kier molecular flexibility index (Phi) is 6.38. The van der Waals surface area contributed by atoms with Gasteiger partial charge in [0, 0.05) is 32.7 Å². The molecule has 0 saturated carbocycles. The van der Waals surface area contributed by atoms with E-state index < -0.39 is 0 Å². The number of morpholine rings is 1. The standard InChI is InChI=1S/C17H27N7O2S/c1-12(2)10-24-16(23-5-7-26-8-6-23)19-20-17(24)27-11-15(25)18-14-9-13(3)21-22(14)4/h9,12H,5-8,10-11H2,1-4H3,(H,18,25). The summed E-state index contributed by atoms with van der Waals surface area (Å²) in [5.74, 6) is 2.18. The number of thioether (sulfide) groups is 1. The maximum atomic E-state index is 12.3. The summed E-state index contributed by atoms with van der Waals surface area (Å²) in [6.45, 7) is 10.0. The minimum absolute atomic E-state index is 0.0879. The maximum Gasteiger partial charge on any atom is 0.235 e. The van der Waals surface area contributed by atoms with Gasteiger partial charge >= 0.3 is 0 Å². The zero-order chi connectivity index (χ0) is 19.4. The highest BCUT2D eigenvalue weighted by Gasteiger charge is 2.21. The Balaban J connectivity index is 1.67. The first-order chi connectivity index (χ1) is 12.9. The van der Waals surface area contributed by atoms with Gasteiger partial charge in [-0.2, -0.15) is 5.10 Å². The summed E-state index contributed by atoms with van der Waals surface area (Å²) < 4.78 is 9.21. The molecule has 1 amide bonds. The number of amides is 1. The number of carbonyl (C=O) groups is 1. The van der Waals surface area contributed by atoms with E-state index in [9.17, 15) is 4.79 Å². The van der Waals surface area contributed by atoms with E-state index in [4.69, 9.17) is 4.74 Å². The minimum Gasteiger partial charge on any atom is -0.378 e. The number of carbonyl (C=O) groups excluding carboxylic acids is 1. The van der Waals surface area contributed by atoms with Crippen LogP contribution in [0.4, 0.5) is 11.8 Å². The van der Waals surface area contributed by atoms with Gasteiger partial charge in [-0.15, -0.1) is 10.2 Å². The summed E-state index contributed by atoms with van der Waals surface area (Å²) in [6.07, 6.45) is 0. The number of rotatable bonds is 7. The molecule has 0 spiro atoms. The lowest BCUT2D eigenvalue weighted by Crippen LogP contribution is -2.38. The second-order valence-corrected chi connectivity index (χ2v) is 7.96. The Morgan fingerprint density at radius 2 is 2.07 bits per heavy atom. The van der Waals surface area contributed by atoms with Gasteiger partial charge in [-0.3, -0.25) is 14.0 Å². The lowest BCUT2D eigenvalue weighted by Gasteiger charge is -2.28. The first-order valence-corrected chi connectivity index (χ1v) is 10.1. The van der Waals surface area contributed by atoms with Crippen molar-refractivity contribution >= 4 is 29.4 Å². The van der Waals surface area contributed by atoms with E-state index in [1.807, 2.05) is 20.0 Å². The summed E-state index contributed by atoms with van der Waals surface area (Å²) in [4.78, 5) is 14.5. The molecule has 1 saturated heterocycles. The third-order valence-corrected chi connectivity index (χ3v) is 5.11. The summed E-state index contributed by atoms with van der Waals surface area (Å²) in [7, 11) is 1.81. The van der Waals surface area contributed by atoms with Gasteiger partial charge in [-0.1, -0.05) is 25.6 Å². The van der Waals surface area contributed by atoms with Gasteiger partial charge in [0.15, 0.2) is 5.16 Å². The van der Waals surface area contributed by atoms with Gasteiger partial charge in [0.05, 0.1) is 24.7 Å². The zero-order valence-electron chi connectivity index (χ0n) is 16.3. The molecule has 2 aromatic heterocycles. The first-order valence-electron chi connectivity index (χ1n) is 9.13. The Morgan fingerprint density at radius 1 is 1.33 bits per heavy atom. The van der Waals surface area contributed by atoms with Gasteiger partial charge < -0.3 is 15.0 Å². The largest absolute Gasteiger partial charge is 0.378 e. The smallest absolute Gasteiger partial charge is 0.235 e. The van der Waals surface area contributed by atoms with Gasteiger partial charge in [0.2, 0.25) is 11.9 Å². The number of hydrogen-bond donors (Lipinski definition) is 1. The highest BCUT2D eigenvalue weighted by molar-refractivity contribution is 7.99. The Labute approximate surface area is 163 Å². The van der Waals surface area contributed by atoms with Crippen molar-refractivity contribution in [3.8, 4) is 0 Å². The van der Waals surface area contributed by atoms with Crippen molar-refractivity contribution < 1.29 is 9.53 Å². The van der Waals surface area contributed by atoms with Crippen LogP contribution in [0.3, 0.4) is 0 Å². The predicted molar refractivity (Wildman–Crippen MR) is 105 cm³/mol. The molecule has 0 bridgehead atoms. The van der Waals surface area contributed by atoms with Crippen LogP contribution in [0.15, 0.2) is 11.2 Å². The Hall–Kier alpha value is -2.07. The van der Waals surface area contributed by atoms with Crippen LogP contribution in [0.25, 0.3) is 0 Å². The van der Waals surface area contributed by atoms with Crippen LogP contribution in [0.1, 0.15) is 19.5 Å². The molecule has 0 unspecified atom stereocenters. The molecule has 1 aliphatic rings. The highest BCUT2D eigenvalue weighted by Crippen LogP contribution is 2.24. The van der Waals surface area contributed by atoms with E-state index in [1.165, 1.54) is 11.8 Å². The van der Waals surface area contributed by atoms with E-state index in [-0.39, 0.29) is 11.7 Å². The van der Waals surface area contributed by atoms with Crippen molar-refractivity contribution in [3.05, 3.63) is 11.8 Å². The number of nitrogens with zero attached hydrogens (tertiary/aromatic N) is 6. The van der Waals surface area contributed by atoms with Crippen LogP contribution >= 0.6 is 11.8 Å². The SMILES string of the molecule is Cc1cc(NC(=O)CSc2nnc(N3CCOCC3)n2CC(C)C)n(C)n1. The van der Waals surface area contributed by atoms with Crippen LogP contribution < -0.4 is 10.2 Å². The summed E-state index contributed by atoms with van der Waals surface area (Å²) in [5, 5.41) is 16.6. The van der Waals surface area contributed by atoms with Gasteiger partial charge in [0.25, 0.3) is 0 Å². The molecule has 0 radical (unpaired) electrons. The number of nitrogens with one attached hydrogen (secondary N) is 1. The monoisotopic (exact) mass is 393 g/mol. The molecule has 0 atom stereocenters. The topological polar surface area (TPSA) is 90.1 Å². The highest BCUT2D eigenvalue weighted by atomic mass is 32.2. The number of hydrogen-bond acceptors (Lipinski definition) is 7. The van der Waals surface area contributed by atoms with Crippen LogP contribution in [0.2, 0.25) is 0 Å². The van der Waals surface area contributed by atoms with Crippen molar-refractivity contribution in [2.45, 2.75) is 32.5 Å². The third-order valence-electron chi connectivity index (χ3n) is 4.14. The van der Waals surface area contributed by atoms with E-state index in [0.29, 0.717) is 24.9 Å². The molecule has 148 valence electrons. The summed E-state index contributed by atoms with van der Waals surface area (Å²) in [6, 6.07) is 1.85. The molecular weight excluding hydrogens is 366 g/mol. The fourth-order valence-corrected chi connectivity index (χ4v) is 3.69. The van der Waals surface area contributed by atoms with Crippen LogP contribution in [-0.4, -0.2) is 62.5 Å². The lowest BCUT2D eigenvalue weighted by molar-refractivity contribution is -0.113. The van der Waals surface area contributed by atoms with E-state index in [1.54, 1.807) is 4.68 Å². The summed E-state index contributed by atoms with van der Waals surface area (Å²) >= 11 is 1.40. The number of anilines is 2. The second kappa shape index (κ2) is 8.75. The number of aromatic nitrogens is 5. The fourth-order valence-electron chi connectivity index (χ4n) is 2.95. The molecule has 10 heteroatoms. The zero-order valence-corrected chi connectivity index (χ0v) is 17.1. The van der Waals surface area contributed by atoms with Crippen molar-refractivity contribution in [1.82, 2.24) is 24.5 Å². The average Bonchev–Trinajstić information content (AvgIpc) is 3.16. The normalized spacial score (nSPS) is 14.8. The Bertz CT molecular complexity index is 780. The molecule has 2 aromatic rings. The van der Waals surface area contributed by atoms with Crippen molar-refractivity contribution in [3.63, 3.8) is 0 Å². The molecule has 0 aromatic carbocycles. The van der Waals surface area contributed by atoms with Crippen LogP contribution in [0, 0.1) is 12.8 Å². The fraction of sp³-hybridized carbons (Fsp3) is 0.647. The molecule has 0 aliphatic carbocycles. The maximum absolute atomic E-state index is 12.3. The van der Waals surface area contributed by atoms with Gasteiger partial charge in [-0.05, 0) is 12.8 Å². The van der Waals surface area contributed by atoms with Gasteiger partial charge in [0.1, 0.15) is 5.82 Å². The molecule has 27 heavy (non-hydrogen) atoms. The van der Waals surface area contributed by atoms with E-state index in [2.05, 4.69) is 43.9 Å². The lowest BCUT2D eigenvalue weighted by atomic mass is 10.2. The quantitative estimate of drug-likeness (QED) is 0.714. The van der Waals surface area contributed by atoms with Crippen molar-refractivity contribution in [2.24, 2.45) is 13.0 Å². The van der Waals surface area contributed by atoms with E-state index in [0.717, 1.165) is 36.4 Å². The predicted octanol–water partition coefficient (Wildman–Crippen LogP) is 1.54. The second-order valence-electron chi connectivity index (χ2n) is 7.02. The summed E-state index contributed by atoms with van der Waals surface area (Å²) in [5.41, 5.74) is 0.868. The molecule has 3 rings (SSSR count). The Morgan fingerprint density at radius 3 is 2.70 bits per heavy atom. The molecule has 9 nitrogen and oxygen atoms in total. The number of aryl methyl sites for hydroxylation is 2. The van der Waals surface area contributed by atoms with Crippen molar-refractivity contribution in [1.29, 1.82) is 0 Å². The van der Waals surface area contributed by atoms with Crippen molar-refractivity contribution in [2.75, 3.05) is 42.3 Å². The third kappa shape index (κ3) is 5.01. The van der Waals surface area contributed by atoms with Crippen LogP contribution in [0.5, 0.6) is 0 Å². The van der Waals surface area contributed by atoms with E-state index >= 15 is 0 Å². The molecule has 1 N–H and O–H groups in total. The first kappa shape index (κ1) is 19.7. The molecule has 3 heterocycles. The average molecular weight is 394 g/mol. The van der Waals surface area contributed by atoms with Crippen LogP contribution in [-0.2, 0) is 23.1 Å². The minimum atomic E-state index is -0.0879. The molecule has 1 fully saturated rings. The van der Waals surface area contributed by atoms with Gasteiger partial charge in [-0.25, -0.2) is 0 Å². The molecular formula is C17H27N7O2S. The number of ether oxygens (including phenoxy) is 1.